The number of aryl methyl sites for hydroxylation is 1. The summed E-state index contributed by atoms with van der Waals surface area (Å²) < 4.78 is 5.73. The van der Waals surface area contributed by atoms with E-state index in [4.69, 9.17) is 4.74 Å². The molecule has 6 nitrogen and oxygen atoms in total. The Hall–Kier alpha value is -3.93. The van der Waals surface area contributed by atoms with Crippen LogP contribution < -0.4 is 15.5 Å². The molecule has 0 spiro atoms. The topological polar surface area (TPSA) is 79.8 Å². The van der Waals surface area contributed by atoms with E-state index >= 15 is 0 Å². The minimum Gasteiger partial charge on any atom is -0.489 e. The molecule has 0 atom stereocenters. The Morgan fingerprint density at radius 3 is 2.33 bits per heavy atom. The van der Waals surface area contributed by atoms with E-state index < -0.39 is 11.8 Å². The van der Waals surface area contributed by atoms with Crippen molar-refractivity contribution in [3.05, 3.63) is 95.6 Å². The van der Waals surface area contributed by atoms with Gasteiger partial charge in [0.1, 0.15) is 12.4 Å². The second-order valence-corrected chi connectivity index (χ2v) is 6.51. The third-order valence-electron chi connectivity index (χ3n) is 4.36. The normalized spacial score (nSPS) is 10.6. The van der Waals surface area contributed by atoms with Crippen LogP contribution in [0.25, 0.3) is 0 Å². The van der Waals surface area contributed by atoms with E-state index in [1.807, 2.05) is 73.7 Å². The molecule has 0 aliphatic carbocycles. The fourth-order valence-electron chi connectivity index (χ4n) is 2.74. The van der Waals surface area contributed by atoms with Gasteiger partial charge in [-0.3, -0.25) is 9.59 Å². The SMILES string of the molecule is CCc1ccccc1NC(=O)C(=O)NN=Cc1ccc(OCc2ccccc2)cc1. The van der Waals surface area contributed by atoms with E-state index in [1.165, 1.54) is 6.21 Å². The minimum atomic E-state index is -0.833. The third-order valence-corrected chi connectivity index (χ3v) is 4.36. The summed E-state index contributed by atoms with van der Waals surface area (Å²) in [6.07, 6.45) is 2.22. The number of ether oxygens (including phenoxy) is 1. The number of hydrazone groups is 1. The molecule has 6 heteroatoms. The molecular weight excluding hydrogens is 378 g/mol. The van der Waals surface area contributed by atoms with Gasteiger partial charge in [-0.2, -0.15) is 5.10 Å². The number of carbonyl (C=O) groups is 2. The number of nitrogens with zero attached hydrogens (tertiary/aromatic N) is 1. The number of para-hydroxylation sites is 1. The van der Waals surface area contributed by atoms with Crippen LogP contribution in [0.2, 0.25) is 0 Å². The van der Waals surface area contributed by atoms with Crippen molar-refractivity contribution >= 4 is 23.7 Å². The van der Waals surface area contributed by atoms with Crippen LogP contribution in [0.1, 0.15) is 23.6 Å². The van der Waals surface area contributed by atoms with Crippen LogP contribution in [0.15, 0.2) is 84.0 Å². The zero-order chi connectivity index (χ0) is 21.2. The molecule has 0 saturated carbocycles. The van der Waals surface area contributed by atoms with Crippen molar-refractivity contribution in [3.63, 3.8) is 0 Å². The van der Waals surface area contributed by atoms with Gasteiger partial charge in [-0.1, -0.05) is 55.5 Å². The molecule has 30 heavy (non-hydrogen) atoms. The zero-order valence-corrected chi connectivity index (χ0v) is 16.7. The molecular formula is C24H23N3O3. The van der Waals surface area contributed by atoms with E-state index in [1.54, 1.807) is 12.1 Å². The molecule has 3 aromatic rings. The van der Waals surface area contributed by atoms with E-state index in [2.05, 4.69) is 15.8 Å². The Balaban J connectivity index is 1.48. The summed E-state index contributed by atoms with van der Waals surface area (Å²) in [7, 11) is 0. The minimum absolute atomic E-state index is 0.487. The molecule has 0 aromatic heterocycles. The first-order valence-corrected chi connectivity index (χ1v) is 9.65. The fraction of sp³-hybridized carbons (Fsp3) is 0.125. The van der Waals surface area contributed by atoms with Crippen LogP contribution in [0.4, 0.5) is 5.69 Å². The number of rotatable bonds is 7. The molecule has 3 aromatic carbocycles. The van der Waals surface area contributed by atoms with Crippen molar-refractivity contribution in [1.82, 2.24) is 5.43 Å². The molecule has 0 saturated heterocycles. The summed E-state index contributed by atoms with van der Waals surface area (Å²) in [5.74, 6) is -0.869. The summed E-state index contributed by atoms with van der Waals surface area (Å²) in [4.78, 5) is 24.0. The molecule has 0 aliphatic rings. The molecule has 2 N–H and O–H groups in total. The van der Waals surface area contributed by atoms with Crippen molar-refractivity contribution in [2.24, 2.45) is 5.10 Å². The van der Waals surface area contributed by atoms with Gasteiger partial charge in [0, 0.05) is 5.69 Å². The van der Waals surface area contributed by atoms with Crippen molar-refractivity contribution in [2.75, 3.05) is 5.32 Å². The van der Waals surface area contributed by atoms with Gasteiger partial charge < -0.3 is 10.1 Å². The quantitative estimate of drug-likeness (QED) is 0.358. The van der Waals surface area contributed by atoms with Gasteiger partial charge in [-0.05, 0) is 53.4 Å². The van der Waals surface area contributed by atoms with Crippen molar-refractivity contribution in [2.45, 2.75) is 20.0 Å². The molecule has 3 rings (SSSR count). The van der Waals surface area contributed by atoms with Gasteiger partial charge in [0.05, 0.1) is 6.21 Å². The smallest absolute Gasteiger partial charge is 0.329 e. The maximum absolute atomic E-state index is 12.0. The maximum atomic E-state index is 12.0. The highest BCUT2D eigenvalue weighted by Gasteiger charge is 2.14. The predicted molar refractivity (Wildman–Crippen MR) is 117 cm³/mol. The van der Waals surface area contributed by atoms with E-state index in [-0.39, 0.29) is 0 Å². The zero-order valence-electron chi connectivity index (χ0n) is 16.7. The molecule has 0 heterocycles. The van der Waals surface area contributed by atoms with Gasteiger partial charge in [0.2, 0.25) is 0 Å². The van der Waals surface area contributed by atoms with Gasteiger partial charge in [0.25, 0.3) is 0 Å². The summed E-state index contributed by atoms with van der Waals surface area (Å²) >= 11 is 0. The number of anilines is 1. The lowest BCUT2D eigenvalue weighted by atomic mass is 10.1. The Morgan fingerprint density at radius 2 is 1.60 bits per heavy atom. The van der Waals surface area contributed by atoms with Gasteiger partial charge in [0.15, 0.2) is 0 Å². The van der Waals surface area contributed by atoms with Crippen molar-refractivity contribution in [3.8, 4) is 5.75 Å². The second kappa shape index (κ2) is 10.6. The van der Waals surface area contributed by atoms with E-state index in [0.717, 1.165) is 28.9 Å². The van der Waals surface area contributed by atoms with E-state index in [0.29, 0.717) is 12.3 Å². The average molecular weight is 401 g/mol. The molecule has 0 radical (unpaired) electrons. The van der Waals surface area contributed by atoms with Crippen LogP contribution >= 0.6 is 0 Å². The first-order chi connectivity index (χ1) is 14.7. The number of hydrogen-bond acceptors (Lipinski definition) is 4. The number of amides is 2. The Kier molecular flexibility index (Phi) is 7.33. The summed E-state index contributed by atoms with van der Waals surface area (Å²) in [5.41, 5.74) is 5.66. The Labute approximate surface area is 175 Å². The van der Waals surface area contributed by atoms with Gasteiger partial charge >= 0.3 is 11.8 Å². The third kappa shape index (κ3) is 6.04. The van der Waals surface area contributed by atoms with Crippen molar-refractivity contribution < 1.29 is 14.3 Å². The molecule has 152 valence electrons. The first kappa shape index (κ1) is 20.8. The second-order valence-electron chi connectivity index (χ2n) is 6.51. The summed E-state index contributed by atoms with van der Waals surface area (Å²) in [5, 5.41) is 6.45. The maximum Gasteiger partial charge on any atom is 0.329 e. The monoisotopic (exact) mass is 401 g/mol. The lowest BCUT2D eigenvalue weighted by Crippen LogP contribution is -2.32. The summed E-state index contributed by atoms with van der Waals surface area (Å²) in [6, 6.07) is 24.5. The standard InChI is InChI=1S/C24H23N3O3/c1-2-20-10-6-7-11-22(20)26-23(28)24(29)27-25-16-18-12-14-21(15-13-18)30-17-19-8-4-3-5-9-19/h3-16H,2,17H2,1H3,(H,26,28)(H,27,29). The van der Waals surface area contributed by atoms with Crippen LogP contribution in [0.5, 0.6) is 5.75 Å². The van der Waals surface area contributed by atoms with Crippen LogP contribution in [-0.4, -0.2) is 18.0 Å². The lowest BCUT2D eigenvalue weighted by molar-refractivity contribution is -0.136. The Bertz CT molecular complexity index is 1020. The van der Waals surface area contributed by atoms with Crippen LogP contribution in [0.3, 0.4) is 0 Å². The average Bonchev–Trinajstić information content (AvgIpc) is 2.79. The largest absolute Gasteiger partial charge is 0.489 e. The van der Waals surface area contributed by atoms with E-state index in [9.17, 15) is 9.59 Å². The molecule has 0 unspecified atom stereocenters. The lowest BCUT2D eigenvalue weighted by Gasteiger charge is -2.08. The van der Waals surface area contributed by atoms with Gasteiger partial charge in [-0.25, -0.2) is 5.43 Å². The Morgan fingerprint density at radius 1 is 0.900 bits per heavy atom. The van der Waals surface area contributed by atoms with Crippen molar-refractivity contribution in [1.29, 1.82) is 0 Å². The number of carbonyl (C=O) groups excluding carboxylic acids is 2. The molecule has 0 fully saturated rings. The number of benzene rings is 3. The van der Waals surface area contributed by atoms with Gasteiger partial charge in [-0.15, -0.1) is 0 Å². The highest BCUT2D eigenvalue weighted by molar-refractivity contribution is 6.39. The fourth-order valence-corrected chi connectivity index (χ4v) is 2.74. The molecule has 0 bridgehead atoms. The highest BCUT2D eigenvalue weighted by Crippen LogP contribution is 2.15. The van der Waals surface area contributed by atoms with Crippen LogP contribution in [-0.2, 0) is 22.6 Å². The highest BCUT2D eigenvalue weighted by atomic mass is 16.5. The number of hydrogen-bond donors (Lipinski definition) is 2. The molecule has 0 aliphatic heterocycles. The predicted octanol–water partition coefficient (Wildman–Crippen LogP) is 3.92. The molecule has 2 amide bonds. The first-order valence-electron chi connectivity index (χ1n) is 9.65. The number of nitrogens with one attached hydrogen (secondary N) is 2. The summed E-state index contributed by atoms with van der Waals surface area (Å²) in [6.45, 7) is 2.47. The van der Waals surface area contributed by atoms with Crippen LogP contribution in [0, 0.1) is 0 Å².